The van der Waals surface area contributed by atoms with E-state index in [1.165, 1.54) is 179 Å². The lowest BCUT2D eigenvalue weighted by atomic mass is 9.73. The molecule has 14 nitrogen and oxygen atoms in total. The van der Waals surface area contributed by atoms with Crippen molar-refractivity contribution in [3.63, 3.8) is 0 Å². The van der Waals surface area contributed by atoms with E-state index in [0.29, 0.717) is 58.6 Å². The highest BCUT2D eigenvalue weighted by Gasteiger charge is 2.43. The lowest BCUT2D eigenvalue weighted by molar-refractivity contribution is -0.134. The third kappa shape index (κ3) is 18.6. The van der Waals surface area contributed by atoms with Crippen LogP contribution in [0.2, 0.25) is 0 Å². The van der Waals surface area contributed by atoms with Gasteiger partial charge < -0.3 is 30.1 Å². The molecule has 474 valence electrons. The van der Waals surface area contributed by atoms with E-state index in [1.807, 2.05) is 30.3 Å². The molecule has 15 heteroatoms. The van der Waals surface area contributed by atoms with Crippen LogP contribution in [0.4, 0.5) is 33.2 Å². The zero-order valence-corrected chi connectivity index (χ0v) is 53.1. The van der Waals surface area contributed by atoms with Crippen molar-refractivity contribution in [3.8, 4) is 5.75 Å². The van der Waals surface area contributed by atoms with Crippen LogP contribution in [0.15, 0.2) is 42.6 Å². The number of carbonyl (C=O) groups is 4. The van der Waals surface area contributed by atoms with Gasteiger partial charge in [-0.3, -0.25) is 29.4 Å². The Morgan fingerprint density at radius 3 is 1.88 bits per heavy atom. The molecule has 3 N–H and O–H groups in total. The minimum Gasteiger partial charge on any atom is -0.495 e. The molecule has 9 rings (SSSR count). The van der Waals surface area contributed by atoms with Gasteiger partial charge in [-0.25, -0.2) is 9.37 Å². The van der Waals surface area contributed by atoms with Gasteiger partial charge in [-0.05, 0) is 119 Å². The minimum absolute atomic E-state index is 0.0233. The summed E-state index contributed by atoms with van der Waals surface area (Å²) in [7, 11) is 3.42. The molecule has 3 aromatic rings. The van der Waals surface area contributed by atoms with Crippen molar-refractivity contribution in [2.75, 3.05) is 66.9 Å². The van der Waals surface area contributed by atoms with E-state index < -0.39 is 5.92 Å². The van der Waals surface area contributed by atoms with Crippen LogP contribution in [-0.4, -0.2) is 103 Å². The van der Waals surface area contributed by atoms with E-state index in [1.54, 1.807) is 25.3 Å². The van der Waals surface area contributed by atoms with Gasteiger partial charge in [-0.15, -0.1) is 0 Å². The molecule has 5 aliphatic heterocycles. The van der Waals surface area contributed by atoms with Gasteiger partial charge in [0.25, 0.3) is 5.91 Å². The van der Waals surface area contributed by atoms with Crippen LogP contribution in [0, 0.1) is 11.7 Å². The Labute approximate surface area is 516 Å². The highest BCUT2D eigenvalue weighted by atomic mass is 19.1. The average molecular weight is 1190 g/mol. The summed E-state index contributed by atoms with van der Waals surface area (Å²) < 4.78 is 22.0. The third-order valence-electron chi connectivity index (χ3n) is 20.7. The Morgan fingerprint density at radius 2 is 1.28 bits per heavy atom. The van der Waals surface area contributed by atoms with E-state index in [0.717, 1.165) is 96.3 Å². The molecule has 0 bridgehead atoms. The molecule has 1 spiro atoms. The lowest BCUT2D eigenvalue weighted by Gasteiger charge is -2.51. The Balaban J connectivity index is 0.878. The van der Waals surface area contributed by atoms with E-state index in [2.05, 4.69) is 35.6 Å². The molecule has 5 fully saturated rings. The van der Waals surface area contributed by atoms with E-state index in [9.17, 15) is 19.2 Å². The normalized spacial score (nSPS) is 25.5. The summed E-state index contributed by atoms with van der Waals surface area (Å²) in [5.74, 6) is 0.716. The molecule has 4 amide bonds. The number of nitrogens with zero attached hydrogens (tertiary/aromatic N) is 6. The van der Waals surface area contributed by atoms with Gasteiger partial charge in [0.2, 0.25) is 23.7 Å². The Morgan fingerprint density at radius 1 is 0.674 bits per heavy atom. The van der Waals surface area contributed by atoms with Crippen molar-refractivity contribution >= 4 is 52.5 Å². The fourth-order valence-electron chi connectivity index (χ4n) is 15.5. The molecule has 4 atom stereocenters. The second kappa shape index (κ2) is 33.9. The first-order valence-electron chi connectivity index (χ1n) is 34.9. The predicted octanol–water partition coefficient (Wildman–Crippen LogP) is 15.8. The number of carbonyl (C=O) groups excluding carboxylic acids is 4. The fraction of sp³-hybridized carbons (Fsp3) is 0.718. The maximum Gasteiger partial charge on any atom is 0.251 e. The molecule has 3 unspecified atom stereocenters. The third-order valence-corrected chi connectivity index (χ3v) is 20.7. The van der Waals surface area contributed by atoms with Crippen LogP contribution in [0.5, 0.6) is 5.75 Å². The molecule has 1 aromatic heterocycles. The molecule has 6 aliphatic rings. The number of aromatic nitrogens is 2. The fourth-order valence-corrected chi connectivity index (χ4v) is 15.5. The van der Waals surface area contributed by atoms with Gasteiger partial charge in [0, 0.05) is 69.3 Å². The van der Waals surface area contributed by atoms with Gasteiger partial charge in [-0.1, -0.05) is 173 Å². The standard InChI is InChI=1S/C71H108FN9O5/c1-78-63-52-73-70(77-67(63)81-45-31-33-58(81)50-66(78)83)75-61-37-34-56(49-64(61)86-2)68(84)74-57-32-30-43-71(51-57)42-28-26-24-22-20-18-16-14-12-10-8-6-4-3-5-7-9-11-13-15-17-19-21-23-25-27-29-44-80(71)53-54-40-46-79(47-41-54)62-38-35-55(48-60(62)72)59-36-39-65(82)76-69(59)85/h34-35,37-38,48-49,52,54,57-59H,3-33,36,39-47,50-51,53H2,1-2H3,(H,74,84)(H,73,75,77)(H,76,82,85)/t57?,58-,59?,71?/m1/s1. The van der Waals surface area contributed by atoms with Gasteiger partial charge in [0.15, 0.2) is 5.82 Å². The van der Waals surface area contributed by atoms with Crippen LogP contribution >= 0.6 is 0 Å². The number of benzene rings is 2. The number of fused-ring (bicyclic) bond motifs is 3. The van der Waals surface area contributed by atoms with Crippen molar-refractivity contribution in [2.45, 2.75) is 274 Å². The Bertz CT molecular complexity index is 2630. The second-order valence-electron chi connectivity index (χ2n) is 27.0. The number of piperidine rings is 2. The molecule has 2 aromatic carbocycles. The smallest absolute Gasteiger partial charge is 0.251 e. The van der Waals surface area contributed by atoms with Gasteiger partial charge in [0.05, 0.1) is 30.6 Å². The van der Waals surface area contributed by atoms with E-state index >= 15 is 4.39 Å². The molecule has 0 radical (unpaired) electrons. The second-order valence-corrected chi connectivity index (χ2v) is 27.0. The Kier molecular flexibility index (Phi) is 25.7. The van der Waals surface area contributed by atoms with Crippen LogP contribution in [0.25, 0.3) is 0 Å². The summed E-state index contributed by atoms with van der Waals surface area (Å²) >= 11 is 0. The first kappa shape index (κ1) is 65.1. The predicted molar refractivity (Wildman–Crippen MR) is 346 cm³/mol. The molecule has 1 saturated carbocycles. The van der Waals surface area contributed by atoms with Crippen molar-refractivity contribution in [1.82, 2.24) is 25.5 Å². The van der Waals surface area contributed by atoms with E-state index in [4.69, 9.17) is 9.72 Å². The zero-order chi connectivity index (χ0) is 59.9. The SMILES string of the molecule is COc1cc(C(=O)NC2CCCC3(CCCCCCCCCCCCCCCCCCCCCCCCCCCCCN3CC3CCN(c4ccc(C5CCC(=O)NC5=O)cc4F)CC3)C2)ccc1Nc1ncc2c(n1)N1CCC[C@@H]1CC(=O)N2C. The number of ether oxygens (including phenoxy) is 1. The summed E-state index contributed by atoms with van der Waals surface area (Å²) in [6.45, 7) is 4.47. The average Bonchev–Trinajstić information content (AvgIpc) is 3.79. The largest absolute Gasteiger partial charge is 0.495 e. The van der Waals surface area contributed by atoms with Crippen LogP contribution in [0.1, 0.15) is 272 Å². The van der Waals surface area contributed by atoms with Crippen molar-refractivity contribution in [2.24, 2.45) is 5.92 Å². The van der Waals surface area contributed by atoms with Crippen LogP contribution < -0.4 is 35.4 Å². The monoisotopic (exact) mass is 1190 g/mol. The van der Waals surface area contributed by atoms with Crippen LogP contribution in [-0.2, 0) is 14.4 Å². The van der Waals surface area contributed by atoms with Gasteiger partial charge >= 0.3 is 0 Å². The number of methoxy groups -OCH3 is 1. The number of halogens is 1. The molecular formula is C71H108FN9O5. The Hall–Kier alpha value is -5.31. The van der Waals surface area contributed by atoms with Crippen LogP contribution in [0.3, 0.4) is 0 Å². The van der Waals surface area contributed by atoms with Crippen molar-refractivity contribution < 1.29 is 28.3 Å². The quantitative estimate of drug-likeness (QED) is 0.176. The number of amides is 4. The number of anilines is 5. The number of hydrogen-bond donors (Lipinski definition) is 3. The summed E-state index contributed by atoms with van der Waals surface area (Å²) in [6.07, 6.45) is 48.5. The molecule has 86 heavy (non-hydrogen) atoms. The minimum atomic E-state index is -0.512. The first-order chi connectivity index (χ1) is 42.1. The van der Waals surface area contributed by atoms with Crippen molar-refractivity contribution in [3.05, 3.63) is 59.5 Å². The van der Waals surface area contributed by atoms with E-state index in [-0.39, 0.29) is 53.5 Å². The first-order valence-corrected chi connectivity index (χ1v) is 34.9. The number of rotatable bonds is 9. The lowest BCUT2D eigenvalue weighted by Crippen LogP contribution is -2.57. The summed E-state index contributed by atoms with van der Waals surface area (Å²) in [6, 6.07) is 11.0. The maximum atomic E-state index is 16.0. The maximum absolute atomic E-state index is 16.0. The number of hydrogen-bond acceptors (Lipinski definition) is 11. The molecule has 4 saturated heterocycles. The van der Waals surface area contributed by atoms with Crippen molar-refractivity contribution in [1.29, 1.82) is 0 Å². The van der Waals surface area contributed by atoms with Gasteiger partial charge in [-0.2, -0.15) is 4.98 Å². The molecule has 1 aliphatic carbocycles. The van der Waals surface area contributed by atoms with Gasteiger partial charge in [0.1, 0.15) is 17.3 Å². The summed E-state index contributed by atoms with van der Waals surface area (Å²) in [5.41, 5.74) is 3.10. The summed E-state index contributed by atoms with van der Waals surface area (Å²) in [4.78, 5) is 70.8. The highest BCUT2D eigenvalue weighted by molar-refractivity contribution is 6.01. The summed E-state index contributed by atoms with van der Waals surface area (Å²) in [5, 5.41) is 9.39. The number of imide groups is 1. The zero-order valence-electron chi connectivity index (χ0n) is 53.1. The molecule has 6 heterocycles. The highest BCUT2D eigenvalue weighted by Crippen LogP contribution is 2.42. The number of nitrogens with one attached hydrogen (secondary N) is 3. The molecular weight excluding hydrogens is 1080 g/mol. The topological polar surface area (TPSA) is 152 Å².